The van der Waals surface area contributed by atoms with Crippen molar-refractivity contribution in [2.45, 2.75) is 27.3 Å². The lowest BCUT2D eigenvalue weighted by Gasteiger charge is -2.15. The van der Waals surface area contributed by atoms with Gasteiger partial charge >= 0.3 is 7.60 Å². The van der Waals surface area contributed by atoms with Crippen LogP contribution in [0.5, 0.6) is 0 Å². The zero-order valence-corrected chi connectivity index (χ0v) is 16.5. The SMILES string of the molecule is CCOP(=O)(OCC)c1nc(-c2ccc(C)cc2)oc1NCc1ccco1. The molecule has 7 nitrogen and oxygen atoms in total. The van der Waals surface area contributed by atoms with Crippen molar-refractivity contribution in [1.82, 2.24) is 4.98 Å². The van der Waals surface area contributed by atoms with E-state index in [1.165, 1.54) is 0 Å². The van der Waals surface area contributed by atoms with Gasteiger partial charge in [-0.3, -0.25) is 4.57 Å². The molecule has 27 heavy (non-hydrogen) atoms. The summed E-state index contributed by atoms with van der Waals surface area (Å²) >= 11 is 0. The van der Waals surface area contributed by atoms with Gasteiger partial charge in [0.2, 0.25) is 17.2 Å². The molecule has 2 heterocycles. The molecule has 0 amide bonds. The number of aromatic nitrogens is 1. The van der Waals surface area contributed by atoms with Crippen LogP contribution in [0.15, 0.2) is 51.5 Å². The van der Waals surface area contributed by atoms with Crippen LogP contribution in [-0.4, -0.2) is 18.2 Å². The number of hydrogen-bond donors (Lipinski definition) is 1. The zero-order chi connectivity index (χ0) is 19.3. The van der Waals surface area contributed by atoms with E-state index < -0.39 is 7.60 Å². The maximum atomic E-state index is 13.3. The second-order valence-electron chi connectivity index (χ2n) is 5.80. The Hall–Kier alpha value is -2.34. The summed E-state index contributed by atoms with van der Waals surface area (Å²) in [5.41, 5.74) is 2.02. The molecule has 0 saturated carbocycles. The van der Waals surface area contributed by atoms with Gasteiger partial charge in [-0.05, 0) is 45.0 Å². The number of nitrogens with one attached hydrogen (secondary N) is 1. The molecule has 2 aromatic heterocycles. The van der Waals surface area contributed by atoms with E-state index in [1.54, 1.807) is 26.2 Å². The molecule has 1 aromatic carbocycles. The standard InChI is InChI=1S/C19H23N2O5P/c1-4-24-27(22,25-5-2)19-18(20-13-16-7-6-12-23-16)26-17(21-19)15-10-8-14(3)9-11-15/h6-12,20H,4-5,13H2,1-3H3. The van der Waals surface area contributed by atoms with E-state index >= 15 is 0 Å². The molecule has 0 aliphatic rings. The minimum absolute atomic E-state index is 0.133. The Bertz CT molecular complexity index is 893. The Morgan fingerprint density at radius 3 is 2.41 bits per heavy atom. The normalized spacial score (nSPS) is 11.7. The lowest BCUT2D eigenvalue weighted by atomic mass is 10.1. The Morgan fingerprint density at radius 1 is 1.11 bits per heavy atom. The summed E-state index contributed by atoms with van der Waals surface area (Å²) in [6.45, 7) is 6.30. The Kier molecular flexibility index (Phi) is 6.16. The average molecular weight is 390 g/mol. The van der Waals surface area contributed by atoms with Crippen LogP contribution in [0.2, 0.25) is 0 Å². The van der Waals surface area contributed by atoms with Crippen molar-refractivity contribution in [2.24, 2.45) is 0 Å². The summed E-state index contributed by atoms with van der Waals surface area (Å²) in [7, 11) is -3.62. The minimum atomic E-state index is -3.62. The number of furan rings is 1. The first kappa shape index (κ1) is 19.4. The van der Waals surface area contributed by atoms with Crippen LogP contribution < -0.4 is 10.8 Å². The quantitative estimate of drug-likeness (QED) is 0.528. The van der Waals surface area contributed by atoms with E-state index in [-0.39, 0.29) is 24.5 Å². The van der Waals surface area contributed by atoms with Crippen LogP contribution in [0, 0.1) is 6.92 Å². The Morgan fingerprint density at radius 2 is 1.81 bits per heavy atom. The lowest BCUT2D eigenvalue weighted by molar-refractivity contribution is 0.229. The summed E-state index contributed by atoms with van der Waals surface area (Å²) in [5, 5.41) is 3.08. The topological polar surface area (TPSA) is 86.7 Å². The summed E-state index contributed by atoms with van der Waals surface area (Å²) in [4.78, 5) is 4.45. The first-order valence-corrected chi connectivity index (χ1v) is 10.3. The third kappa shape index (κ3) is 4.50. The van der Waals surface area contributed by atoms with Crippen LogP contribution in [-0.2, 0) is 20.2 Å². The molecule has 3 aromatic rings. The smallest absolute Gasteiger partial charge is 0.385 e. The van der Waals surface area contributed by atoms with Gasteiger partial charge in [-0.25, -0.2) is 0 Å². The van der Waals surface area contributed by atoms with Gasteiger partial charge in [-0.1, -0.05) is 17.7 Å². The van der Waals surface area contributed by atoms with Gasteiger partial charge in [0.05, 0.1) is 26.0 Å². The largest absolute Gasteiger partial charge is 0.467 e. The van der Waals surface area contributed by atoms with E-state index in [2.05, 4.69) is 10.3 Å². The number of hydrogen-bond acceptors (Lipinski definition) is 7. The molecule has 0 unspecified atom stereocenters. The van der Waals surface area contributed by atoms with Gasteiger partial charge in [-0.15, -0.1) is 0 Å². The van der Waals surface area contributed by atoms with E-state index in [9.17, 15) is 4.57 Å². The summed E-state index contributed by atoms with van der Waals surface area (Å²) < 4.78 is 35.4. The minimum Gasteiger partial charge on any atom is -0.467 e. The summed E-state index contributed by atoms with van der Waals surface area (Å²) in [6.07, 6.45) is 1.58. The van der Waals surface area contributed by atoms with Crippen molar-refractivity contribution >= 4 is 18.9 Å². The molecule has 0 atom stereocenters. The van der Waals surface area contributed by atoms with Crippen molar-refractivity contribution in [3.8, 4) is 11.5 Å². The maximum Gasteiger partial charge on any atom is 0.385 e. The second-order valence-corrected chi connectivity index (χ2v) is 7.74. The van der Waals surface area contributed by atoms with E-state index in [0.29, 0.717) is 18.2 Å². The number of anilines is 1. The number of rotatable bonds is 9. The molecule has 3 rings (SSSR count). The lowest BCUT2D eigenvalue weighted by Crippen LogP contribution is -2.16. The van der Waals surface area contributed by atoms with Crippen LogP contribution in [0.3, 0.4) is 0 Å². The highest BCUT2D eigenvalue weighted by Gasteiger charge is 2.35. The van der Waals surface area contributed by atoms with Crippen LogP contribution in [0.1, 0.15) is 25.2 Å². The Labute approximate surface area is 158 Å². The van der Waals surface area contributed by atoms with E-state index in [4.69, 9.17) is 17.9 Å². The van der Waals surface area contributed by atoms with Gasteiger partial charge in [-0.2, -0.15) is 4.98 Å². The summed E-state index contributed by atoms with van der Waals surface area (Å²) in [6, 6.07) is 11.3. The van der Waals surface area contributed by atoms with Crippen molar-refractivity contribution in [3.05, 3.63) is 54.0 Å². The second kappa shape index (κ2) is 8.57. The van der Waals surface area contributed by atoms with Gasteiger partial charge in [0.25, 0.3) is 0 Å². The van der Waals surface area contributed by atoms with E-state index in [0.717, 1.165) is 11.1 Å². The molecular formula is C19H23N2O5P. The third-order valence-corrected chi connectivity index (χ3v) is 5.79. The average Bonchev–Trinajstić information content (AvgIpc) is 3.31. The van der Waals surface area contributed by atoms with E-state index in [1.807, 2.05) is 37.3 Å². The molecule has 0 radical (unpaired) electrons. The van der Waals surface area contributed by atoms with Crippen molar-refractivity contribution in [3.63, 3.8) is 0 Å². The molecule has 8 heteroatoms. The van der Waals surface area contributed by atoms with Crippen LogP contribution >= 0.6 is 7.60 Å². The predicted octanol–water partition coefficient (Wildman–Crippen LogP) is 4.75. The fourth-order valence-electron chi connectivity index (χ4n) is 2.51. The first-order valence-electron chi connectivity index (χ1n) is 8.79. The van der Waals surface area contributed by atoms with Crippen molar-refractivity contribution in [1.29, 1.82) is 0 Å². The van der Waals surface area contributed by atoms with Crippen molar-refractivity contribution < 1.29 is 22.4 Å². The number of aryl methyl sites for hydroxylation is 1. The summed E-state index contributed by atoms with van der Waals surface area (Å²) in [5.74, 6) is 1.29. The number of benzene rings is 1. The third-order valence-electron chi connectivity index (χ3n) is 3.77. The highest BCUT2D eigenvalue weighted by molar-refractivity contribution is 7.62. The van der Waals surface area contributed by atoms with Gasteiger partial charge in [0, 0.05) is 5.56 Å². The van der Waals surface area contributed by atoms with Gasteiger partial charge < -0.3 is 23.2 Å². The number of nitrogens with zero attached hydrogens (tertiary/aromatic N) is 1. The Balaban J connectivity index is 1.99. The van der Waals surface area contributed by atoms with Crippen LogP contribution in [0.25, 0.3) is 11.5 Å². The first-order chi connectivity index (χ1) is 13.1. The molecule has 0 bridgehead atoms. The van der Waals surface area contributed by atoms with Crippen molar-refractivity contribution in [2.75, 3.05) is 18.5 Å². The fraction of sp³-hybridized carbons (Fsp3) is 0.316. The predicted molar refractivity (Wildman–Crippen MR) is 103 cm³/mol. The zero-order valence-electron chi connectivity index (χ0n) is 15.6. The molecule has 0 fully saturated rings. The van der Waals surface area contributed by atoms with Gasteiger partial charge in [0.15, 0.2) is 0 Å². The molecular weight excluding hydrogens is 367 g/mol. The highest BCUT2D eigenvalue weighted by Crippen LogP contribution is 2.49. The maximum absolute atomic E-state index is 13.3. The van der Waals surface area contributed by atoms with Crippen LogP contribution in [0.4, 0.5) is 5.88 Å². The fourth-order valence-corrected chi connectivity index (χ4v) is 4.10. The van der Waals surface area contributed by atoms with Gasteiger partial charge in [0.1, 0.15) is 5.76 Å². The monoisotopic (exact) mass is 390 g/mol. The number of oxazole rings is 1. The highest BCUT2D eigenvalue weighted by atomic mass is 31.2. The molecule has 0 saturated heterocycles. The molecule has 1 N–H and O–H groups in total. The molecule has 0 aliphatic carbocycles. The molecule has 0 aliphatic heterocycles. The molecule has 0 spiro atoms. The molecule has 144 valence electrons.